The van der Waals surface area contributed by atoms with Crippen molar-refractivity contribution in [1.29, 1.82) is 0 Å². The number of ether oxygens (including phenoxy) is 1. The molecular formula is C16H24N2O4S. The highest BCUT2D eigenvalue weighted by molar-refractivity contribution is 7.88. The second-order valence-electron chi connectivity index (χ2n) is 6.12. The van der Waals surface area contributed by atoms with Crippen molar-refractivity contribution in [3.05, 3.63) is 24.3 Å². The average Bonchev–Trinajstić information content (AvgIpc) is 2.48. The van der Waals surface area contributed by atoms with Crippen LogP contribution >= 0.6 is 0 Å². The number of anilines is 1. The van der Waals surface area contributed by atoms with Gasteiger partial charge in [-0.05, 0) is 51.0 Å². The zero-order valence-corrected chi connectivity index (χ0v) is 14.6. The maximum absolute atomic E-state index is 12.3. The number of carbonyl (C=O) groups excluding carboxylic acids is 1. The zero-order chi connectivity index (χ0) is 17.0. The first kappa shape index (κ1) is 17.7. The molecule has 1 fully saturated rings. The molecule has 0 atom stereocenters. The molecule has 0 bridgehead atoms. The van der Waals surface area contributed by atoms with Gasteiger partial charge in [0.2, 0.25) is 15.9 Å². The molecule has 0 aromatic heterocycles. The van der Waals surface area contributed by atoms with Crippen molar-refractivity contribution < 1.29 is 17.9 Å². The molecule has 0 unspecified atom stereocenters. The normalized spacial score (nSPS) is 17.2. The van der Waals surface area contributed by atoms with Gasteiger partial charge in [0.1, 0.15) is 5.75 Å². The van der Waals surface area contributed by atoms with Gasteiger partial charge in [0.15, 0.2) is 0 Å². The lowest BCUT2D eigenvalue weighted by Gasteiger charge is -2.29. The minimum atomic E-state index is -3.16. The van der Waals surface area contributed by atoms with Gasteiger partial charge in [-0.1, -0.05) is 0 Å². The molecule has 1 aromatic rings. The van der Waals surface area contributed by atoms with E-state index in [9.17, 15) is 13.2 Å². The molecule has 0 saturated carbocycles. The maximum Gasteiger partial charge on any atom is 0.227 e. The molecule has 1 aliphatic heterocycles. The van der Waals surface area contributed by atoms with Crippen molar-refractivity contribution in [1.82, 2.24) is 4.31 Å². The molecule has 1 amide bonds. The number of piperidine rings is 1. The molecule has 2 rings (SSSR count). The summed E-state index contributed by atoms with van der Waals surface area (Å²) in [6.07, 6.45) is 2.41. The van der Waals surface area contributed by atoms with Gasteiger partial charge in [-0.15, -0.1) is 0 Å². The van der Waals surface area contributed by atoms with E-state index in [-0.39, 0.29) is 17.9 Å². The molecule has 6 nitrogen and oxygen atoms in total. The lowest BCUT2D eigenvalue weighted by molar-refractivity contribution is -0.120. The summed E-state index contributed by atoms with van der Waals surface area (Å²) < 4.78 is 29.9. The summed E-state index contributed by atoms with van der Waals surface area (Å²) in [5.41, 5.74) is 0.719. The summed E-state index contributed by atoms with van der Waals surface area (Å²) in [6, 6.07) is 7.26. The average molecular weight is 340 g/mol. The number of hydrogen-bond donors (Lipinski definition) is 1. The van der Waals surface area contributed by atoms with Gasteiger partial charge in [-0.2, -0.15) is 0 Å². The first-order valence-electron chi connectivity index (χ1n) is 7.78. The molecule has 0 radical (unpaired) electrons. The first-order chi connectivity index (χ1) is 10.8. The van der Waals surface area contributed by atoms with E-state index in [0.717, 1.165) is 11.4 Å². The minimum absolute atomic E-state index is 0.0596. The lowest BCUT2D eigenvalue weighted by Crippen LogP contribution is -2.40. The maximum atomic E-state index is 12.3. The molecule has 23 heavy (non-hydrogen) atoms. The van der Waals surface area contributed by atoms with Crippen molar-refractivity contribution in [2.75, 3.05) is 24.7 Å². The Balaban J connectivity index is 1.88. The number of benzene rings is 1. The Hall–Kier alpha value is -1.60. The van der Waals surface area contributed by atoms with E-state index in [2.05, 4.69) is 5.32 Å². The van der Waals surface area contributed by atoms with Crippen LogP contribution < -0.4 is 10.1 Å². The fourth-order valence-corrected chi connectivity index (χ4v) is 3.46. The molecule has 7 heteroatoms. The summed E-state index contributed by atoms with van der Waals surface area (Å²) in [4.78, 5) is 12.3. The summed E-state index contributed by atoms with van der Waals surface area (Å²) in [5.74, 6) is 0.551. The number of hydrogen-bond acceptors (Lipinski definition) is 4. The van der Waals surface area contributed by atoms with Gasteiger partial charge >= 0.3 is 0 Å². The number of carbonyl (C=O) groups is 1. The van der Waals surface area contributed by atoms with Crippen LogP contribution in [-0.2, 0) is 14.8 Å². The van der Waals surface area contributed by atoms with Crippen molar-refractivity contribution in [2.24, 2.45) is 5.92 Å². The quantitative estimate of drug-likeness (QED) is 0.890. The molecule has 0 aliphatic carbocycles. The Kier molecular flexibility index (Phi) is 5.64. The minimum Gasteiger partial charge on any atom is -0.491 e. The van der Waals surface area contributed by atoms with Crippen LogP contribution in [0.15, 0.2) is 24.3 Å². The van der Waals surface area contributed by atoms with Crippen LogP contribution in [0.5, 0.6) is 5.75 Å². The van der Waals surface area contributed by atoms with Crippen molar-refractivity contribution in [3.8, 4) is 5.75 Å². The molecule has 0 spiro atoms. The second-order valence-corrected chi connectivity index (χ2v) is 8.10. The number of rotatable bonds is 5. The largest absolute Gasteiger partial charge is 0.491 e. The monoisotopic (exact) mass is 340 g/mol. The Labute approximate surface area is 137 Å². The van der Waals surface area contributed by atoms with Crippen molar-refractivity contribution in [3.63, 3.8) is 0 Å². The van der Waals surface area contributed by atoms with Gasteiger partial charge in [0.05, 0.1) is 12.4 Å². The number of nitrogens with one attached hydrogen (secondary N) is 1. The lowest BCUT2D eigenvalue weighted by atomic mass is 9.97. The van der Waals surface area contributed by atoms with Gasteiger partial charge in [-0.3, -0.25) is 4.79 Å². The molecule has 1 aromatic carbocycles. The van der Waals surface area contributed by atoms with E-state index in [0.29, 0.717) is 25.9 Å². The molecule has 128 valence electrons. The number of nitrogens with zero attached hydrogens (tertiary/aromatic N) is 1. The Bertz CT molecular complexity index is 633. The van der Waals surface area contributed by atoms with Crippen LogP contribution in [0.25, 0.3) is 0 Å². The predicted molar refractivity (Wildman–Crippen MR) is 90.0 cm³/mol. The standard InChI is InChI=1S/C16H24N2O4S/c1-12(2)22-15-6-4-14(5-7-15)17-16(19)13-8-10-18(11-9-13)23(3,20)21/h4-7,12-13H,8-11H2,1-3H3,(H,17,19). The van der Waals surface area contributed by atoms with E-state index < -0.39 is 10.0 Å². The van der Waals surface area contributed by atoms with Crippen LogP contribution in [0.3, 0.4) is 0 Å². The fraction of sp³-hybridized carbons (Fsp3) is 0.562. The smallest absolute Gasteiger partial charge is 0.227 e. The predicted octanol–water partition coefficient (Wildman–Crippen LogP) is 2.08. The van der Waals surface area contributed by atoms with Crippen LogP contribution in [0.4, 0.5) is 5.69 Å². The fourth-order valence-electron chi connectivity index (χ4n) is 2.58. The second kappa shape index (κ2) is 7.31. The third-order valence-electron chi connectivity index (χ3n) is 3.79. The topological polar surface area (TPSA) is 75.7 Å². The molecule has 1 aliphatic rings. The highest BCUT2D eigenvalue weighted by atomic mass is 32.2. The third-order valence-corrected chi connectivity index (χ3v) is 5.09. The van der Waals surface area contributed by atoms with Crippen molar-refractivity contribution >= 4 is 21.6 Å². The van der Waals surface area contributed by atoms with Crippen LogP contribution in [0.2, 0.25) is 0 Å². The number of sulfonamides is 1. The van der Waals surface area contributed by atoms with Crippen LogP contribution in [-0.4, -0.2) is 44.1 Å². The Morgan fingerprint density at radius 3 is 2.26 bits per heavy atom. The SMILES string of the molecule is CC(C)Oc1ccc(NC(=O)C2CCN(S(C)(=O)=O)CC2)cc1. The number of amides is 1. The van der Waals surface area contributed by atoms with E-state index >= 15 is 0 Å². The molecule has 1 N–H and O–H groups in total. The summed E-state index contributed by atoms with van der Waals surface area (Å²) in [6.45, 7) is 4.72. The Morgan fingerprint density at radius 2 is 1.78 bits per heavy atom. The van der Waals surface area contributed by atoms with Gasteiger partial charge in [0.25, 0.3) is 0 Å². The molecule has 1 saturated heterocycles. The third kappa shape index (κ3) is 5.21. The summed E-state index contributed by atoms with van der Waals surface area (Å²) in [7, 11) is -3.16. The van der Waals surface area contributed by atoms with E-state index in [1.165, 1.54) is 10.6 Å². The van der Waals surface area contributed by atoms with Gasteiger partial charge in [-0.25, -0.2) is 12.7 Å². The van der Waals surface area contributed by atoms with E-state index in [1.807, 2.05) is 26.0 Å². The summed E-state index contributed by atoms with van der Waals surface area (Å²) >= 11 is 0. The molecular weight excluding hydrogens is 316 g/mol. The van der Waals surface area contributed by atoms with Crippen LogP contribution in [0, 0.1) is 5.92 Å². The van der Waals surface area contributed by atoms with Gasteiger partial charge < -0.3 is 10.1 Å². The first-order valence-corrected chi connectivity index (χ1v) is 9.63. The van der Waals surface area contributed by atoms with E-state index in [1.54, 1.807) is 12.1 Å². The Morgan fingerprint density at radius 1 is 1.22 bits per heavy atom. The molecule has 1 heterocycles. The summed E-state index contributed by atoms with van der Waals surface area (Å²) in [5, 5.41) is 2.88. The zero-order valence-electron chi connectivity index (χ0n) is 13.8. The van der Waals surface area contributed by atoms with Gasteiger partial charge in [0, 0.05) is 24.7 Å². The highest BCUT2D eigenvalue weighted by Crippen LogP contribution is 2.22. The highest BCUT2D eigenvalue weighted by Gasteiger charge is 2.28. The van der Waals surface area contributed by atoms with Crippen LogP contribution in [0.1, 0.15) is 26.7 Å². The van der Waals surface area contributed by atoms with Crippen molar-refractivity contribution in [2.45, 2.75) is 32.8 Å². The van der Waals surface area contributed by atoms with E-state index in [4.69, 9.17) is 4.74 Å².